The van der Waals surface area contributed by atoms with Crippen LogP contribution in [0.15, 0.2) is 23.4 Å². The van der Waals surface area contributed by atoms with Gasteiger partial charge in [-0.05, 0) is 30.4 Å². The molecule has 6 nitrogen and oxygen atoms in total. The summed E-state index contributed by atoms with van der Waals surface area (Å²) in [6.07, 6.45) is 5.77. The monoisotopic (exact) mass is 281 g/mol. The molecule has 2 saturated carbocycles. The highest BCUT2D eigenvalue weighted by atomic mass is 32.2. The third-order valence-electron chi connectivity index (χ3n) is 3.99. The second-order valence-electron chi connectivity index (χ2n) is 5.23. The third-order valence-corrected chi connectivity index (χ3v) is 5.23. The zero-order valence-corrected chi connectivity index (χ0v) is 11.1. The molecule has 1 aromatic heterocycles. The smallest absolute Gasteiger partial charge is 0.274 e. The van der Waals surface area contributed by atoms with Crippen LogP contribution in [0.5, 0.6) is 0 Å². The molecule has 0 saturated heterocycles. The molecule has 2 atom stereocenters. The molecular weight excluding hydrogens is 266 g/mol. The van der Waals surface area contributed by atoms with E-state index < -0.39 is 15.9 Å². The van der Waals surface area contributed by atoms with Crippen LogP contribution in [0.25, 0.3) is 0 Å². The van der Waals surface area contributed by atoms with Gasteiger partial charge in [0.05, 0.1) is 0 Å². The van der Waals surface area contributed by atoms with E-state index in [9.17, 15) is 13.2 Å². The van der Waals surface area contributed by atoms with E-state index in [1.807, 2.05) is 0 Å². The number of nitrogens with one attached hydrogen (secondary N) is 1. The van der Waals surface area contributed by atoms with Crippen molar-refractivity contribution in [2.75, 3.05) is 0 Å². The lowest BCUT2D eigenvalue weighted by atomic mass is 9.81. The molecule has 0 unspecified atom stereocenters. The molecule has 3 rings (SSSR count). The summed E-state index contributed by atoms with van der Waals surface area (Å²) in [6, 6.07) is 2.79. The van der Waals surface area contributed by atoms with E-state index in [2.05, 4.69) is 14.9 Å². The van der Waals surface area contributed by atoms with Crippen molar-refractivity contribution >= 4 is 15.9 Å². The Morgan fingerprint density at radius 3 is 2.74 bits per heavy atom. The van der Waals surface area contributed by atoms with Gasteiger partial charge in [-0.3, -0.25) is 4.79 Å². The van der Waals surface area contributed by atoms with Gasteiger partial charge in [-0.15, -0.1) is 5.10 Å². The predicted octanol–water partition coefficient (Wildman–Crippen LogP) is 0.718. The summed E-state index contributed by atoms with van der Waals surface area (Å²) < 4.78 is 25.9. The molecule has 0 aliphatic heterocycles. The lowest BCUT2D eigenvalue weighted by Gasteiger charge is -2.25. The van der Waals surface area contributed by atoms with Gasteiger partial charge in [0.25, 0.3) is 10.0 Å². The Labute approximate surface area is 111 Å². The number of carbonyl (C=O) groups excluding carboxylic acids is 1. The van der Waals surface area contributed by atoms with E-state index in [0.717, 1.165) is 6.42 Å². The first kappa shape index (κ1) is 12.5. The van der Waals surface area contributed by atoms with E-state index in [1.165, 1.54) is 37.6 Å². The van der Waals surface area contributed by atoms with Crippen molar-refractivity contribution in [2.45, 2.75) is 30.7 Å². The van der Waals surface area contributed by atoms with Gasteiger partial charge < -0.3 is 0 Å². The molecular formula is C12H15N3O3S. The zero-order chi connectivity index (χ0) is 13.5. The molecule has 0 bridgehead atoms. The summed E-state index contributed by atoms with van der Waals surface area (Å²) >= 11 is 0. The molecule has 2 aliphatic carbocycles. The molecule has 0 radical (unpaired) electrons. The molecule has 102 valence electrons. The van der Waals surface area contributed by atoms with Crippen LogP contribution in [0.4, 0.5) is 0 Å². The average Bonchev–Trinajstić information content (AvgIpc) is 3.07. The van der Waals surface area contributed by atoms with Crippen LogP contribution in [-0.4, -0.2) is 24.5 Å². The fourth-order valence-electron chi connectivity index (χ4n) is 2.60. The molecule has 1 N–H and O–H groups in total. The summed E-state index contributed by atoms with van der Waals surface area (Å²) in [4.78, 5) is 11.9. The number of sulfonamides is 1. The van der Waals surface area contributed by atoms with Crippen LogP contribution in [0, 0.1) is 17.8 Å². The van der Waals surface area contributed by atoms with Crippen molar-refractivity contribution in [3.8, 4) is 0 Å². The Bertz CT molecular complexity index is 583. The number of nitrogens with zero attached hydrogens (tertiary/aromatic N) is 2. The molecule has 1 heterocycles. The lowest BCUT2D eigenvalue weighted by Crippen LogP contribution is -2.33. The van der Waals surface area contributed by atoms with Crippen LogP contribution in [0.3, 0.4) is 0 Å². The zero-order valence-electron chi connectivity index (χ0n) is 10.3. The van der Waals surface area contributed by atoms with E-state index in [-0.39, 0.29) is 10.9 Å². The molecule has 0 aromatic carbocycles. The largest absolute Gasteiger partial charge is 0.283 e. The van der Waals surface area contributed by atoms with Gasteiger partial charge in [0, 0.05) is 12.1 Å². The number of carbonyl (C=O) groups is 1. The van der Waals surface area contributed by atoms with Gasteiger partial charge in [-0.2, -0.15) is 13.5 Å². The second-order valence-corrected chi connectivity index (χ2v) is 6.86. The maximum absolute atomic E-state index is 11.9. The van der Waals surface area contributed by atoms with Crippen molar-refractivity contribution in [2.24, 2.45) is 17.8 Å². The van der Waals surface area contributed by atoms with Gasteiger partial charge in [-0.1, -0.05) is 19.3 Å². The fraction of sp³-hybridized carbons (Fsp3) is 0.583. The van der Waals surface area contributed by atoms with Crippen molar-refractivity contribution in [1.82, 2.24) is 14.9 Å². The van der Waals surface area contributed by atoms with Crippen LogP contribution < -0.4 is 4.72 Å². The Morgan fingerprint density at radius 1 is 1.37 bits per heavy atom. The minimum atomic E-state index is -3.88. The van der Waals surface area contributed by atoms with Gasteiger partial charge >= 0.3 is 0 Å². The average molecular weight is 281 g/mol. The molecule has 2 aliphatic rings. The lowest BCUT2D eigenvalue weighted by molar-refractivity contribution is -0.121. The minimum Gasteiger partial charge on any atom is -0.274 e. The maximum atomic E-state index is 11.9. The topological polar surface area (TPSA) is 89.0 Å². The maximum Gasteiger partial charge on any atom is 0.283 e. The number of aromatic nitrogens is 2. The molecule has 7 heteroatoms. The van der Waals surface area contributed by atoms with Crippen LogP contribution in [-0.2, 0) is 14.8 Å². The van der Waals surface area contributed by atoms with Crippen molar-refractivity contribution < 1.29 is 13.2 Å². The molecule has 0 spiro atoms. The second kappa shape index (κ2) is 4.56. The highest BCUT2D eigenvalue weighted by Crippen LogP contribution is 2.51. The van der Waals surface area contributed by atoms with Gasteiger partial charge in [0.15, 0.2) is 5.03 Å². The summed E-state index contributed by atoms with van der Waals surface area (Å²) in [6.45, 7) is 0. The first-order valence-electron chi connectivity index (χ1n) is 6.42. The van der Waals surface area contributed by atoms with Crippen molar-refractivity contribution in [1.29, 1.82) is 0 Å². The number of hydrogen-bond acceptors (Lipinski definition) is 5. The SMILES string of the molecule is O=C(NS(=O)(=O)c1cccnn1)[C@@H]1C[C@H]1C1CCC1. The standard InChI is InChI=1S/C12H15N3O3S/c16-12(10-7-9(10)8-3-1-4-8)15-19(17,18)11-5-2-6-13-14-11/h2,5-6,8-10H,1,3-4,7H2,(H,15,16)/t9-,10+/m0/s1. The third kappa shape index (κ3) is 2.47. The summed E-state index contributed by atoms with van der Waals surface area (Å²) in [5, 5.41) is 6.80. The van der Waals surface area contributed by atoms with E-state index >= 15 is 0 Å². The van der Waals surface area contributed by atoms with Gasteiger partial charge in [-0.25, -0.2) is 4.72 Å². The summed E-state index contributed by atoms with van der Waals surface area (Å²) in [5.74, 6) is 0.458. The van der Waals surface area contributed by atoms with Gasteiger partial charge in [0.1, 0.15) is 0 Å². The van der Waals surface area contributed by atoms with Crippen molar-refractivity contribution in [3.63, 3.8) is 0 Å². The number of rotatable bonds is 4. The number of amides is 1. The number of hydrogen-bond donors (Lipinski definition) is 1. The fourth-order valence-corrected chi connectivity index (χ4v) is 3.53. The highest BCUT2D eigenvalue weighted by molar-refractivity contribution is 7.90. The molecule has 2 fully saturated rings. The van der Waals surface area contributed by atoms with Crippen molar-refractivity contribution in [3.05, 3.63) is 18.3 Å². The minimum absolute atomic E-state index is 0.142. The Morgan fingerprint density at radius 2 is 2.16 bits per heavy atom. The van der Waals surface area contributed by atoms with E-state index in [1.54, 1.807) is 0 Å². The summed E-state index contributed by atoms with van der Waals surface area (Å²) in [7, 11) is -3.88. The van der Waals surface area contributed by atoms with Crippen LogP contribution >= 0.6 is 0 Å². The first-order valence-corrected chi connectivity index (χ1v) is 7.90. The van der Waals surface area contributed by atoms with Crippen LogP contribution in [0.1, 0.15) is 25.7 Å². The van der Waals surface area contributed by atoms with Gasteiger partial charge in [0.2, 0.25) is 5.91 Å². The molecule has 1 aromatic rings. The van der Waals surface area contributed by atoms with E-state index in [0.29, 0.717) is 11.8 Å². The Hall–Kier alpha value is -1.50. The highest BCUT2D eigenvalue weighted by Gasteiger charge is 2.49. The quantitative estimate of drug-likeness (QED) is 0.878. The first-order chi connectivity index (χ1) is 9.08. The molecule has 19 heavy (non-hydrogen) atoms. The Kier molecular flexibility index (Phi) is 3.00. The predicted molar refractivity (Wildman–Crippen MR) is 66.3 cm³/mol. The Balaban J connectivity index is 1.64. The summed E-state index contributed by atoms with van der Waals surface area (Å²) in [5.41, 5.74) is 0. The van der Waals surface area contributed by atoms with Crippen LogP contribution in [0.2, 0.25) is 0 Å². The normalized spacial score (nSPS) is 26.5. The molecule has 1 amide bonds. The van der Waals surface area contributed by atoms with E-state index in [4.69, 9.17) is 0 Å².